The highest BCUT2D eigenvalue weighted by Crippen LogP contribution is 2.26. The van der Waals surface area contributed by atoms with Gasteiger partial charge in [0.05, 0.1) is 6.04 Å². The third-order valence-electron chi connectivity index (χ3n) is 3.74. The van der Waals surface area contributed by atoms with E-state index in [1.54, 1.807) is 0 Å². The van der Waals surface area contributed by atoms with Crippen LogP contribution in [0.15, 0.2) is 18.2 Å². The summed E-state index contributed by atoms with van der Waals surface area (Å²) in [4.78, 5) is 2.25. The van der Waals surface area contributed by atoms with Gasteiger partial charge in [0.25, 0.3) is 0 Å². The van der Waals surface area contributed by atoms with E-state index in [0.29, 0.717) is 0 Å². The Balaban J connectivity index is 2.24. The molecule has 1 aliphatic heterocycles. The monoisotopic (exact) mass is 236 g/mol. The lowest BCUT2D eigenvalue weighted by molar-refractivity contribution is 0.147. The fraction of sp³-hybridized carbons (Fsp3) is 0.571. The Morgan fingerprint density at radius 1 is 1.29 bits per heavy atom. The molecule has 1 aromatic rings. The number of hydrogen-bond acceptors (Lipinski definition) is 2. The second kappa shape index (κ2) is 5.61. The molecule has 2 rings (SSSR count). The van der Waals surface area contributed by atoms with E-state index >= 15 is 0 Å². The van der Waals surface area contributed by atoms with Crippen LogP contribution in [0.1, 0.15) is 22.7 Å². The van der Waals surface area contributed by atoms with Crippen LogP contribution in [0.3, 0.4) is 0 Å². The van der Waals surface area contributed by atoms with Crippen LogP contribution in [0.2, 0.25) is 0 Å². The maximum Gasteiger partial charge on any atom is 0.109 e. The van der Waals surface area contributed by atoms with Crippen LogP contribution < -0.4 is 5.32 Å². The average molecular weight is 236 g/mol. The average Bonchev–Trinajstić information content (AvgIpc) is 2.37. The van der Waals surface area contributed by atoms with Crippen LogP contribution in [-0.4, -0.2) is 37.8 Å². The van der Waals surface area contributed by atoms with Gasteiger partial charge in [-0.1, -0.05) is 18.2 Å². The van der Waals surface area contributed by atoms with Crippen molar-refractivity contribution in [3.8, 4) is 0 Å². The molecule has 2 nitrogen and oxygen atoms in total. The highest BCUT2D eigenvalue weighted by atomic mass is 19.1. The lowest BCUT2D eigenvalue weighted by Gasteiger charge is -2.34. The Morgan fingerprint density at radius 2 is 2.00 bits per heavy atom. The summed E-state index contributed by atoms with van der Waals surface area (Å²) < 4.78 is 13.4. The van der Waals surface area contributed by atoms with Gasteiger partial charge in [0.15, 0.2) is 0 Å². The minimum atomic E-state index is -0.301. The number of hydrogen-bond donors (Lipinski definition) is 1. The van der Waals surface area contributed by atoms with Gasteiger partial charge >= 0.3 is 0 Å². The molecule has 1 heterocycles. The molecule has 1 N–H and O–H groups in total. The molecule has 0 aromatic heterocycles. The Morgan fingerprint density at radius 3 is 2.65 bits per heavy atom. The maximum atomic E-state index is 13.4. The van der Waals surface area contributed by atoms with Crippen LogP contribution in [-0.2, 0) is 0 Å². The number of piperazine rings is 1. The first kappa shape index (κ1) is 12.5. The van der Waals surface area contributed by atoms with Crippen LogP contribution in [0.25, 0.3) is 0 Å². The summed E-state index contributed by atoms with van der Waals surface area (Å²) >= 11 is 0. The van der Waals surface area contributed by atoms with Crippen molar-refractivity contribution in [3.63, 3.8) is 0 Å². The quantitative estimate of drug-likeness (QED) is 0.865. The third-order valence-corrected chi connectivity index (χ3v) is 3.74. The Bertz CT molecular complexity index is 372. The molecule has 0 saturated carbocycles. The molecule has 0 radical (unpaired) electrons. The Hall–Kier alpha value is -0.930. The van der Waals surface area contributed by atoms with Crippen molar-refractivity contribution >= 4 is 0 Å². The standard InChI is InChI=1S/C14H21FN2/c1-11-4-3-5-13(12(11)2)14(10-15)17-8-6-16-7-9-17/h3-5,14,16H,6-10H2,1-2H3/t14-/m1/s1. The largest absolute Gasteiger partial charge is 0.314 e. The van der Waals surface area contributed by atoms with E-state index in [1.807, 2.05) is 6.07 Å². The van der Waals surface area contributed by atoms with Crippen LogP contribution >= 0.6 is 0 Å². The first-order valence-electron chi connectivity index (χ1n) is 6.31. The van der Waals surface area contributed by atoms with Crippen molar-refractivity contribution in [2.75, 3.05) is 32.9 Å². The molecular formula is C14H21FN2. The first-order valence-corrected chi connectivity index (χ1v) is 6.31. The fourth-order valence-corrected chi connectivity index (χ4v) is 2.51. The van der Waals surface area contributed by atoms with Crippen LogP contribution in [0.5, 0.6) is 0 Å². The van der Waals surface area contributed by atoms with Gasteiger partial charge in [-0.05, 0) is 30.5 Å². The van der Waals surface area contributed by atoms with E-state index in [-0.39, 0.29) is 12.7 Å². The number of rotatable bonds is 3. The molecule has 1 fully saturated rings. The van der Waals surface area contributed by atoms with E-state index in [2.05, 4.69) is 36.2 Å². The van der Waals surface area contributed by atoms with Gasteiger partial charge in [-0.2, -0.15) is 0 Å². The summed E-state index contributed by atoms with van der Waals surface area (Å²) in [6, 6.07) is 6.11. The van der Waals surface area contributed by atoms with Gasteiger partial charge in [-0.3, -0.25) is 4.90 Å². The van der Waals surface area contributed by atoms with Gasteiger partial charge in [0.1, 0.15) is 6.67 Å². The lowest BCUT2D eigenvalue weighted by Crippen LogP contribution is -2.45. The van der Waals surface area contributed by atoms with Crippen molar-refractivity contribution in [2.24, 2.45) is 0 Å². The minimum absolute atomic E-state index is 0.0722. The Kier molecular flexibility index (Phi) is 4.13. The van der Waals surface area contributed by atoms with Crippen LogP contribution in [0.4, 0.5) is 4.39 Å². The highest BCUT2D eigenvalue weighted by Gasteiger charge is 2.23. The molecule has 17 heavy (non-hydrogen) atoms. The molecule has 3 heteroatoms. The predicted molar refractivity (Wildman–Crippen MR) is 69.1 cm³/mol. The molecule has 0 aliphatic carbocycles. The van der Waals surface area contributed by atoms with Gasteiger partial charge < -0.3 is 5.32 Å². The second-order valence-corrected chi connectivity index (χ2v) is 4.75. The number of nitrogens with zero attached hydrogens (tertiary/aromatic N) is 1. The molecule has 0 spiro atoms. The zero-order chi connectivity index (χ0) is 12.3. The van der Waals surface area contributed by atoms with Crippen molar-refractivity contribution in [2.45, 2.75) is 19.9 Å². The zero-order valence-electron chi connectivity index (χ0n) is 10.7. The van der Waals surface area contributed by atoms with E-state index in [4.69, 9.17) is 0 Å². The van der Waals surface area contributed by atoms with Crippen LogP contribution in [0, 0.1) is 13.8 Å². The number of alkyl halides is 1. The van der Waals surface area contributed by atoms with E-state index < -0.39 is 0 Å². The molecule has 1 aliphatic rings. The predicted octanol–water partition coefficient (Wildman–Crippen LogP) is 2.22. The summed E-state index contributed by atoms with van der Waals surface area (Å²) in [5.74, 6) is 0. The van der Waals surface area contributed by atoms with Gasteiger partial charge in [-0.15, -0.1) is 0 Å². The topological polar surface area (TPSA) is 15.3 Å². The molecule has 1 aromatic carbocycles. The van der Waals surface area contributed by atoms with Gasteiger partial charge in [-0.25, -0.2) is 4.39 Å². The van der Waals surface area contributed by atoms with Crippen molar-refractivity contribution in [3.05, 3.63) is 34.9 Å². The molecule has 0 bridgehead atoms. The van der Waals surface area contributed by atoms with E-state index in [9.17, 15) is 4.39 Å². The molecule has 1 saturated heterocycles. The molecular weight excluding hydrogens is 215 g/mol. The SMILES string of the molecule is Cc1cccc([C@@H](CF)N2CCNCC2)c1C. The first-order chi connectivity index (χ1) is 8.24. The maximum absolute atomic E-state index is 13.4. The number of nitrogens with one attached hydrogen (secondary N) is 1. The van der Waals surface area contributed by atoms with Gasteiger partial charge in [0, 0.05) is 26.2 Å². The third kappa shape index (κ3) is 2.67. The zero-order valence-corrected chi connectivity index (χ0v) is 10.7. The molecule has 0 amide bonds. The van der Waals surface area contributed by atoms with Crippen molar-refractivity contribution in [1.82, 2.24) is 10.2 Å². The van der Waals surface area contributed by atoms with E-state index in [0.717, 1.165) is 31.7 Å². The van der Waals surface area contributed by atoms with E-state index in [1.165, 1.54) is 11.1 Å². The van der Waals surface area contributed by atoms with Gasteiger partial charge in [0.2, 0.25) is 0 Å². The summed E-state index contributed by atoms with van der Waals surface area (Å²) in [6.45, 7) is 7.67. The fourth-order valence-electron chi connectivity index (χ4n) is 2.51. The smallest absolute Gasteiger partial charge is 0.109 e. The summed E-state index contributed by atoms with van der Waals surface area (Å²) in [5, 5.41) is 3.31. The van der Waals surface area contributed by atoms with Crippen molar-refractivity contribution in [1.29, 1.82) is 0 Å². The Labute approximate surface area is 103 Å². The van der Waals surface area contributed by atoms with Crippen molar-refractivity contribution < 1.29 is 4.39 Å². The molecule has 94 valence electrons. The molecule has 0 unspecified atom stereocenters. The lowest BCUT2D eigenvalue weighted by atomic mass is 9.97. The second-order valence-electron chi connectivity index (χ2n) is 4.75. The summed E-state index contributed by atoms with van der Waals surface area (Å²) in [5.41, 5.74) is 3.62. The normalized spacial score (nSPS) is 19.2. The summed E-state index contributed by atoms with van der Waals surface area (Å²) in [6.07, 6.45) is 0. The highest BCUT2D eigenvalue weighted by molar-refractivity contribution is 5.35. The number of aryl methyl sites for hydroxylation is 1. The molecule has 1 atom stereocenters. The summed E-state index contributed by atoms with van der Waals surface area (Å²) in [7, 11) is 0. The number of benzene rings is 1. The minimum Gasteiger partial charge on any atom is -0.314 e. The number of halogens is 1.